The van der Waals surface area contributed by atoms with Gasteiger partial charge in [-0.1, -0.05) is 17.5 Å². The van der Waals surface area contributed by atoms with Gasteiger partial charge < -0.3 is 5.11 Å². The lowest BCUT2D eigenvalue weighted by molar-refractivity contribution is 0.237. The lowest BCUT2D eigenvalue weighted by Gasteiger charge is -2.04. The van der Waals surface area contributed by atoms with E-state index < -0.39 is 11.9 Å². The molecule has 0 aliphatic rings. The van der Waals surface area contributed by atoms with Gasteiger partial charge in [-0.25, -0.2) is 9.37 Å². The fraction of sp³-hybridized carbons (Fsp3) is 0.125. The quantitative estimate of drug-likeness (QED) is 0.532. The molecule has 0 spiro atoms. The van der Waals surface area contributed by atoms with Crippen molar-refractivity contribution in [2.24, 2.45) is 0 Å². The minimum Gasteiger partial charge on any atom is -0.376 e. The summed E-state index contributed by atoms with van der Waals surface area (Å²) in [5, 5.41) is 9.12. The van der Waals surface area contributed by atoms with E-state index in [-0.39, 0.29) is 10.7 Å². The summed E-state index contributed by atoms with van der Waals surface area (Å²) in [4.78, 5) is 3.48. The average molecular weight is 186 g/mol. The zero-order valence-electron chi connectivity index (χ0n) is 5.96. The third kappa shape index (κ3) is 1.73. The fourth-order valence-electron chi connectivity index (χ4n) is 0.720. The normalized spacial score (nSPS) is 12.2. The Morgan fingerprint density at radius 1 is 1.75 bits per heavy atom. The molecule has 62 valence electrons. The molecule has 1 aromatic heterocycles. The van der Waals surface area contributed by atoms with Crippen LogP contribution in [0.25, 0.3) is 0 Å². The molecule has 0 saturated carbocycles. The second-order valence-electron chi connectivity index (χ2n) is 2.10. The molecule has 0 aromatic carbocycles. The third-order valence-electron chi connectivity index (χ3n) is 1.29. The highest BCUT2D eigenvalue weighted by molar-refractivity contribution is 6.30. The Kier molecular flexibility index (Phi) is 2.64. The first-order valence-electron chi connectivity index (χ1n) is 3.10. The number of aromatic nitrogens is 1. The summed E-state index contributed by atoms with van der Waals surface area (Å²) in [6.07, 6.45) is 4.66. The molecular weight excluding hydrogens is 181 g/mol. The number of aliphatic hydroxyl groups excluding tert-OH is 1. The highest BCUT2D eigenvalue weighted by Gasteiger charge is 2.10. The maximum atomic E-state index is 12.5. The average Bonchev–Trinajstić information content (AvgIpc) is 2.08. The van der Waals surface area contributed by atoms with Crippen LogP contribution in [-0.4, -0.2) is 10.1 Å². The molecule has 1 N–H and O–H groups in total. The van der Waals surface area contributed by atoms with Crippen molar-refractivity contribution >= 4 is 11.6 Å². The van der Waals surface area contributed by atoms with Crippen molar-refractivity contribution in [3.05, 3.63) is 28.8 Å². The summed E-state index contributed by atoms with van der Waals surface area (Å²) in [6, 6.07) is 1.06. The minimum atomic E-state index is -1.21. The van der Waals surface area contributed by atoms with Crippen LogP contribution < -0.4 is 0 Å². The topological polar surface area (TPSA) is 33.1 Å². The van der Waals surface area contributed by atoms with E-state index in [0.717, 1.165) is 12.3 Å². The van der Waals surface area contributed by atoms with Gasteiger partial charge in [0.2, 0.25) is 0 Å². The van der Waals surface area contributed by atoms with Crippen LogP contribution in [0.3, 0.4) is 0 Å². The van der Waals surface area contributed by atoms with Gasteiger partial charge >= 0.3 is 0 Å². The van der Waals surface area contributed by atoms with Gasteiger partial charge in [-0.3, -0.25) is 0 Å². The molecular formula is C8H5ClFNO. The molecule has 1 rings (SSSR count). The van der Waals surface area contributed by atoms with Crippen molar-refractivity contribution in [3.63, 3.8) is 0 Å². The highest BCUT2D eigenvalue weighted by atomic mass is 35.5. The first-order valence-corrected chi connectivity index (χ1v) is 3.48. The summed E-state index contributed by atoms with van der Waals surface area (Å²) in [6.45, 7) is 0. The highest BCUT2D eigenvalue weighted by Crippen LogP contribution is 2.20. The van der Waals surface area contributed by atoms with Crippen molar-refractivity contribution in [2.75, 3.05) is 0 Å². The molecule has 1 heterocycles. The molecule has 0 radical (unpaired) electrons. The van der Waals surface area contributed by atoms with Crippen LogP contribution in [0.15, 0.2) is 12.3 Å². The Labute approximate surface area is 74.0 Å². The van der Waals surface area contributed by atoms with Gasteiger partial charge in [-0.15, -0.1) is 6.42 Å². The van der Waals surface area contributed by atoms with Crippen LogP contribution in [0.1, 0.15) is 11.7 Å². The molecule has 0 amide bonds. The van der Waals surface area contributed by atoms with Gasteiger partial charge in [-0.05, 0) is 6.07 Å². The minimum absolute atomic E-state index is 0.0156. The van der Waals surface area contributed by atoms with Crippen molar-refractivity contribution < 1.29 is 9.50 Å². The first kappa shape index (κ1) is 8.98. The predicted octanol–water partition coefficient (Wildman–Crippen LogP) is 1.54. The molecule has 4 heteroatoms. The Morgan fingerprint density at radius 3 is 3.00 bits per heavy atom. The van der Waals surface area contributed by atoms with Crippen molar-refractivity contribution in [1.29, 1.82) is 0 Å². The van der Waals surface area contributed by atoms with Crippen LogP contribution in [-0.2, 0) is 0 Å². The Bertz CT molecular complexity index is 334. The maximum absolute atomic E-state index is 12.5. The summed E-state index contributed by atoms with van der Waals surface area (Å²) in [5.41, 5.74) is 0.110. The summed E-state index contributed by atoms with van der Waals surface area (Å²) >= 11 is 5.54. The molecule has 0 aliphatic carbocycles. The summed E-state index contributed by atoms with van der Waals surface area (Å²) in [7, 11) is 0. The second kappa shape index (κ2) is 3.53. The van der Waals surface area contributed by atoms with Crippen molar-refractivity contribution in [3.8, 4) is 12.3 Å². The smallest absolute Gasteiger partial charge is 0.143 e. The van der Waals surface area contributed by atoms with Crippen LogP contribution in [0, 0.1) is 18.2 Å². The molecule has 2 nitrogen and oxygen atoms in total. The third-order valence-corrected chi connectivity index (χ3v) is 1.60. The Morgan fingerprint density at radius 2 is 2.42 bits per heavy atom. The molecule has 1 unspecified atom stereocenters. The van der Waals surface area contributed by atoms with Gasteiger partial charge in [-0.2, -0.15) is 0 Å². The Hall–Kier alpha value is -1.11. The molecule has 0 saturated heterocycles. The fourth-order valence-corrected chi connectivity index (χ4v) is 0.926. The number of halogens is 2. The number of pyridine rings is 1. The number of hydrogen-bond acceptors (Lipinski definition) is 2. The van der Waals surface area contributed by atoms with Gasteiger partial charge in [0.1, 0.15) is 17.1 Å². The van der Waals surface area contributed by atoms with Crippen LogP contribution in [0.4, 0.5) is 4.39 Å². The van der Waals surface area contributed by atoms with E-state index in [4.69, 9.17) is 23.1 Å². The van der Waals surface area contributed by atoms with E-state index in [0.29, 0.717) is 0 Å². The molecule has 0 fully saturated rings. The number of hydrogen-bond donors (Lipinski definition) is 1. The molecule has 0 bridgehead atoms. The van der Waals surface area contributed by atoms with Crippen molar-refractivity contribution in [2.45, 2.75) is 6.10 Å². The number of nitrogens with zero attached hydrogens (tertiary/aromatic N) is 1. The van der Waals surface area contributed by atoms with Crippen LogP contribution >= 0.6 is 11.6 Å². The van der Waals surface area contributed by atoms with Crippen LogP contribution in [0.5, 0.6) is 0 Å². The van der Waals surface area contributed by atoms with Gasteiger partial charge in [0.05, 0.1) is 6.20 Å². The van der Waals surface area contributed by atoms with Crippen molar-refractivity contribution in [1.82, 2.24) is 4.98 Å². The van der Waals surface area contributed by atoms with E-state index in [1.165, 1.54) is 0 Å². The van der Waals surface area contributed by atoms with E-state index >= 15 is 0 Å². The zero-order valence-corrected chi connectivity index (χ0v) is 6.72. The van der Waals surface area contributed by atoms with Gasteiger partial charge in [0, 0.05) is 5.56 Å². The standard InChI is InChI=1S/C8H5ClFNO/c1-2-7(12)6-3-5(10)4-11-8(6)9/h1,3-4,7,12H. The van der Waals surface area contributed by atoms with E-state index in [1.54, 1.807) is 0 Å². The van der Waals surface area contributed by atoms with E-state index in [1.807, 2.05) is 5.92 Å². The zero-order chi connectivity index (χ0) is 9.14. The largest absolute Gasteiger partial charge is 0.376 e. The maximum Gasteiger partial charge on any atom is 0.143 e. The van der Waals surface area contributed by atoms with Gasteiger partial charge in [0.15, 0.2) is 0 Å². The monoisotopic (exact) mass is 185 g/mol. The molecule has 1 atom stereocenters. The predicted molar refractivity (Wildman–Crippen MR) is 43.0 cm³/mol. The lowest BCUT2D eigenvalue weighted by atomic mass is 10.2. The molecule has 0 aliphatic heterocycles. The van der Waals surface area contributed by atoms with E-state index in [2.05, 4.69) is 4.98 Å². The summed E-state index contributed by atoms with van der Waals surface area (Å²) < 4.78 is 12.5. The second-order valence-corrected chi connectivity index (χ2v) is 2.46. The van der Waals surface area contributed by atoms with Crippen LogP contribution in [0.2, 0.25) is 5.15 Å². The lowest BCUT2D eigenvalue weighted by Crippen LogP contribution is -1.97. The number of terminal acetylenes is 1. The number of aliphatic hydroxyl groups is 1. The first-order chi connectivity index (χ1) is 5.65. The van der Waals surface area contributed by atoms with Gasteiger partial charge in [0.25, 0.3) is 0 Å². The van der Waals surface area contributed by atoms with E-state index in [9.17, 15) is 4.39 Å². The molecule has 12 heavy (non-hydrogen) atoms. The number of rotatable bonds is 1. The molecule has 1 aromatic rings. The Balaban J connectivity index is 3.15. The SMILES string of the molecule is C#CC(O)c1cc(F)cnc1Cl. The summed E-state index contributed by atoms with van der Waals surface area (Å²) in [5.74, 6) is 1.43.